The smallest absolute Gasteiger partial charge is 0.263 e. The van der Waals surface area contributed by atoms with Gasteiger partial charge in [-0.2, -0.15) is 0 Å². The molecular weight excluding hydrogens is 386 g/mol. The molecule has 1 N–H and O–H groups in total. The summed E-state index contributed by atoms with van der Waals surface area (Å²) in [6, 6.07) is 5.92. The van der Waals surface area contributed by atoms with Gasteiger partial charge in [-0.05, 0) is 56.6 Å². The van der Waals surface area contributed by atoms with Crippen molar-refractivity contribution in [2.24, 2.45) is 5.92 Å². The highest BCUT2D eigenvalue weighted by Gasteiger charge is 2.20. The number of aromatic nitrogens is 1. The zero-order valence-electron chi connectivity index (χ0n) is 15.9. The van der Waals surface area contributed by atoms with E-state index >= 15 is 0 Å². The quantitative estimate of drug-likeness (QED) is 0.793. The van der Waals surface area contributed by atoms with Crippen molar-refractivity contribution in [2.45, 2.75) is 17.7 Å². The summed E-state index contributed by atoms with van der Waals surface area (Å²) in [5.41, 5.74) is -0.0542. The summed E-state index contributed by atoms with van der Waals surface area (Å²) >= 11 is 0. The molecule has 0 spiro atoms. The lowest BCUT2D eigenvalue weighted by Crippen LogP contribution is -2.38. The van der Waals surface area contributed by atoms with E-state index in [9.17, 15) is 17.2 Å². The first-order chi connectivity index (χ1) is 13.2. The second-order valence-electron chi connectivity index (χ2n) is 7.24. The topological polar surface area (TPSA) is 65.5 Å². The Hall–Kier alpha value is -2.26. The number of sulfonamides is 1. The van der Waals surface area contributed by atoms with Crippen molar-refractivity contribution in [3.63, 3.8) is 0 Å². The van der Waals surface area contributed by atoms with Crippen molar-refractivity contribution in [1.29, 1.82) is 0 Å². The molecule has 0 radical (unpaired) electrons. The van der Waals surface area contributed by atoms with E-state index in [1.807, 2.05) is 11.9 Å². The number of rotatable bonds is 6. The molecule has 2 heterocycles. The van der Waals surface area contributed by atoms with E-state index in [0.717, 1.165) is 37.8 Å². The normalized spacial score (nSPS) is 18.1. The van der Waals surface area contributed by atoms with Crippen LogP contribution in [-0.4, -0.2) is 52.0 Å². The van der Waals surface area contributed by atoms with Crippen LogP contribution >= 0.6 is 0 Å². The molecule has 1 aromatic carbocycles. The average molecular weight is 410 g/mol. The third-order valence-corrected chi connectivity index (χ3v) is 6.21. The van der Waals surface area contributed by atoms with E-state index in [1.165, 1.54) is 25.1 Å². The van der Waals surface area contributed by atoms with Gasteiger partial charge in [-0.25, -0.2) is 22.2 Å². The molecule has 6 nitrogen and oxygen atoms in total. The first kappa shape index (κ1) is 20.5. The van der Waals surface area contributed by atoms with Gasteiger partial charge in [0.2, 0.25) is 0 Å². The van der Waals surface area contributed by atoms with Gasteiger partial charge < -0.3 is 9.80 Å². The number of anilines is 2. The molecule has 1 fully saturated rings. The monoisotopic (exact) mass is 410 g/mol. The van der Waals surface area contributed by atoms with E-state index in [4.69, 9.17) is 0 Å². The fraction of sp³-hybridized carbons (Fsp3) is 0.421. The predicted octanol–water partition coefficient (Wildman–Crippen LogP) is 2.94. The second kappa shape index (κ2) is 8.40. The van der Waals surface area contributed by atoms with E-state index in [2.05, 4.69) is 21.7 Å². The van der Waals surface area contributed by atoms with Gasteiger partial charge >= 0.3 is 0 Å². The highest BCUT2D eigenvalue weighted by molar-refractivity contribution is 7.92. The number of halogens is 2. The van der Waals surface area contributed by atoms with Crippen LogP contribution in [0.4, 0.5) is 20.3 Å². The highest BCUT2D eigenvalue weighted by atomic mass is 32.2. The van der Waals surface area contributed by atoms with Crippen LogP contribution in [0, 0.1) is 17.6 Å². The molecule has 28 heavy (non-hydrogen) atoms. The van der Waals surface area contributed by atoms with Crippen molar-refractivity contribution in [3.05, 3.63) is 48.2 Å². The fourth-order valence-corrected chi connectivity index (χ4v) is 4.43. The summed E-state index contributed by atoms with van der Waals surface area (Å²) < 4.78 is 53.4. The van der Waals surface area contributed by atoms with Crippen LogP contribution in [0.15, 0.2) is 41.4 Å². The van der Waals surface area contributed by atoms with Crippen molar-refractivity contribution >= 4 is 21.5 Å². The number of likely N-dealkylation sites (tertiary alicyclic amines) is 1. The molecule has 1 aliphatic heterocycles. The van der Waals surface area contributed by atoms with E-state index < -0.39 is 21.7 Å². The Bertz CT molecular complexity index is 922. The fourth-order valence-electron chi connectivity index (χ4n) is 3.43. The van der Waals surface area contributed by atoms with Crippen molar-refractivity contribution in [1.82, 2.24) is 9.88 Å². The maximum atomic E-state index is 13.3. The van der Waals surface area contributed by atoms with Gasteiger partial charge in [0.25, 0.3) is 10.0 Å². The Labute approximate surface area is 164 Å². The van der Waals surface area contributed by atoms with Gasteiger partial charge in [0.1, 0.15) is 10.7 Å². The van der Waals surface area contributed by atoms with Gasteiger partial charge in [-0.15, -0.1) is 0 Å². The minimum absolute atomic E-state index is 0.0493. The first-order valence-electron chi connectivity index (χ1n) is 9.08. The molecule has 9 heteroatoms. The highest BCUT2D eigenvalue weighted by Crippen LogP contribution is 2.21. The predicted molar refractivity (Wildman–Crippen MR) is 105 cm³/mol. The zero-order chi connectivity index (χ0) is 20.3. The van der Waals surface area contributed by atoms with Gasteiger partial charge in [-0.1, -0.05) is 0 Å². The molecule has 0 amide bonds. The van der Waals surface area contributed by atoms with Crippen molar-refractivity contribution < 1.29 is 17.2 Å². The van der Waals surface area contributed by atoms with Crippen LogP contribution in [0.25, 0.3) is 0 Å². The summed E-state index contributed by atoms with van der Waals surface area (Å²) in [6.45, 7) is 3.00. The van der Waals surface area contributed by atoms with Gasteiger partial charge in [0, 0.05) is 32.4 Å². The number of benzene rings is 1. The largest absolute Gasteiger partial charge is 0.359 e. The van der Waals surface area contributed by atoms with Crippen LogP contribution in [0.1, 0.15) is 12.8 Å². The molecule has 3 rings (SSSR count). The molecule has 1 atom stereocenters. The molecule has 2 aromatic rings. The zero-order valence-corrected chi connectivity index (χ0v) is 16.7. The number of nitrogens with zero attached hydrogens (tertiary/aromatic N) is 3. The van der Waals surface area contributed by atoms with Crippen LogP contribution in [-0.2, 0) is 10.0 Å². The second-order valence-corrected chi connectivity index (χ2v) is 8.92. The van der Waals surface area contributed by atoms with Crippen LogP contribution < -0.4 is 9.62 Å². The standard InChI is InChI=1S/C19H24F2N4O2S/c1-24-9-3-4-14(12-24)13-25(2)19-8-6-16(11-22-19)28(26,27)23-15-5-7-17(20)18(21)10-15/h5-8,10-11,14,23H,3-4,9,12-13H2,1-2H3. The molecule has 1 saturated heterocycles. The number of hydrogen-bond donors (Lipinski definition) is 1. The Balaban J connectivity index is 1.67. The lowest BCUT2D eigenvalue weighted by molar-refractivity contribution is 0.213. The first-order valence-corrected chi connectivity index (χ1v) is 10.6. The van der Waals surface area contributed by atoms with Gasteiger partial charge in [0.05, 0.1) is 5.69 Å². The summed E-state index contributed by atoms with van der Waals surface area (Å²) in [5, 5.41) is 0. The summed E-state index contributed by atoms with van der Waals surface area (Å²) in [4.78, 5) is 8.54. The van der Waals surface area contributed by atoms with Crippen molar-refractivity contribution in [3.8, 4) is 0 Å². The average Bonchev–Trinajstić information content (AvgIpc) is 2.65. The van der Waals surface area contributed by atoms with E-state index in [0.29, 0.717) is 11.7 Å². The summed E-state index contributed by atoms with van der Waals surface area (Å²) in [5.74, 6) is -0.936. The van der Waals surface area contributed by atoms with Crippen LogP contribution in [0.3, 0.4) is 0 Å². The van der Waals surface area contributed by atoms with Crippen molar-refractivity contribution in [2.75, 3.05) is 43.4 Å². The lowest BCUT2D eigenvalue weighted by atomic mass is 9.98. The molecule has 0 bridgehead atoms. The molecule has 0 aliphatic carbocycles. The Morgan fingerprint density at radius 1 is 1.25 bits per heavy atom. The summed E-state index contributed by atoms with van der Waals surface area (Å²) in [7, 11) is 0.104. The van der Waals surface area contributed by atoms with E-state index in [1.54, 1.807) is 6.07 Å². The SMILES string of the molecule is CN1CCCC(CN(C)c2ccc(S(=O)(=O)Nc3ccc(F)c(F)c3)cn2)C1. The molecule has 1 aromatic heterocycles. The molecule has 152 valence electrons. The van der Waals surface area contributed by atoms with Crippen LogP contribution in [0.5, 0.6) is 0 Å². The van der Waals surface area contributed by atoms with Gasteiger partial charge in [0.15, 0.2) is 11.6 Å². The Morgan fingerprint density at radius 3 is 2.68 bits per heavy atom. The Morgan fingerprint density at radius 2 is 2.04 bits per heavy atom. The van der Waals surface area contributed by atoms with Crippen LogP contribution in [0.2, 0.25) is 0 Å². The molecule has 0 saturated carbocycles. The maximum absolute atomic E-state index is 13.3. The third-order valence-electron chi connectivity index (χ3n) is 4.85. The van der Waals surface area contributed by atoms with E-state index in [-0.39, 0.29) is 10.6 Å². The number of pyridine rings is 1. The molecule has 1 unspecified atom stereocenters. The summed E-state index contributed by atoms with van der Waals surface area (Å²) in [6.07, 6.45) is 3.61. The number of piperidine rings is 1. The minimum Gasteiger partial charge on any atom is -0.359 e. The molecular formula is C19H24F2N4O2S. The number of hydrogen-bond acceptors (Lipinski definition) is 5. The third kappa shape index (κ3) is 4.96. The minimum atomic E-state index is -3.95. The maximum Gasteiger partial charge on any atom is 0.263 e. The number of nitrogens with one attached hydrogen (secondary N) is 1. The molecule has 1 aliphatic rings. The van der Waals surface area contributed by atoms with Gasteiger partial charge in [-0.3, -0.25) is 4.72 Å². The Kier molecular flexibility index (Phi) is 6.14. The lowest BCUT2D eigenvalue weighted by Gasteiger charge is -2.32.